The minimum atomic E-state index is -0.336. The van der Waals surface area contributed by atoms with Crippen LogP contribution in [-0.4, -0.2) is 56.4 Å². The number of rotatable bonds is 7. The number of piperidine rings is 3. The maximum Gasteiger partial charge on any atom is 0.414 e. The third kappa shape index (κ3) is 5.25. The summed E-state index contributed by atoms with van der Waals surface area (Å²) in [5, 5.41) is 0. The van der Waals surface area contributed by atoms with E-state index in [2.05, 4.69) is 4.90 Å². The molecule has 2 aromatic rings. The van der Waals surface area contributed by atoms with E-state index in [9.17, 15) is 9.59 Å². The Labute approximate surface area is 183 Å². The fourth-order valence-electron chi connectivity index (χ4n) is 4.54. The van der Waals surface area contributed by atoms with Crippen LogP contribution in [0.25, 0.3) is 0 Å². The van der Waals surface area contributed by atoms with Gasteiger partial charge >= 0.3 is 12.1 Å². The van der Waals surface area contributed by atoms with E-state index in [1.807, 2.05) is 42.5 Å². The maximum atomic E-state index is 13.1. The summed E-state index contributed by atoms with van der Waals surface area (Å²) in [4.78, 5) is 28.8. The van der Waals surface area contributed by atoms with Gasteiger partial charge in [-0.3, -0.25) is 9.80 Å². The number of nitrogens with zero attached hydrogens (tertiary/aromatic N) is 2. The van der Waals surface area contributed by atoms with Gasteiger partial charge in [-0.25, -0.2) is 9.59 Å². The minimum absolute atomic E-state index is 0.00734. The summed E-state index contributed by atoms with van der Waals surface area (Å²) in [5.74, 6) is 0.150. The molecule has 3 aliphatic heterocycles. The summed E-state index contributed by atoms with van der Waals surface area (Å²) in [6, 6.07) is 17.1. The molecule has 6 heteroatoms. The molecule has 5 rings (SSSR count). The minimum Gasteiger partial charge on any atom is -0.465 e. The standard InChI is InChI=1S/C25H30N2O4/c1-30-24(28)21-11-9-19(10-12-21)6-5-15-27(22-7-3-2-4-8-22)25(29)31-23-18-26-16-13-20(23)14-17-26/h2-4,7-12,20,23H,5-6,13-18H2,1H3/t23-/m0/s1. The molecular weight excluding hydrogens is 392 g/mol. The molecule has 3 fully saturated rings. The van der Waals surface area contributed by atoms with Crippen LogP contribution < -0.4 is 4.90 Å². The molecule has 0 aliphatic carbocycles. The number of para-hydroxylation sites is 1. The van der Waals surface area contributed by atoms with Crippen LogP contribution in [0.5, 0.6) is 0 Å². The zero-order valence-corrected chi connectivity index (χ0v) is 18.0. The van der Waals surface area contributed by atoms with Gasteiger partial charge in [-0.1, -0.05) is 30.3 Å². The van der Waals surface area contributed by atoms with Crippen LogP contribution in [0.3, 0.4) is 0 Å². The lowest BCUT2D eigenvalue weighted by Gasteiger charge is -2.44. The van der Waals surface area contributed by atoms with Crippen molar-refractivity contribution in [1.29, 1.82) is 0 Å². The Kier molecular flexibility index (Phi) is 6.87. The van der Waals surface area contributed by atoms with Gasteiger partial charge in [0.1, 0.15) is 6.10 Å². The van der Waals surface area contributed by atoms with E-state index < -0.39 is 0 Å². The number of methoxy groups -OCH3 is 1. The zero-order valence-electron chi connectivity index (χ0n) is 18.0. The molecule has 3 aliphatic rings. The highest BCUT2D eigenvalue weighted by molar-refractivity contribution is 5.89. The van der Waals surface area contributed by atoms with Crippen LogP contribution in [0.1, 0.15) is 35.2 Å². The van der Waals surface area contributed by atoms with Gasteiger partial charge in [-0.2, -0.15) is 0 Å². The van der Waals surface area contributed by atoms with Crippen molar-refractivity contribution in [2.45, 2.75) is 31.8 Å². The molecule has 164 valence electrons. The summed E-state index contributed by atoms with van der Waals surface area (Å²) >= 11 is 0. The topological polar surface area (TPSA) is 59.1 Å². The molecule has 3 heterocycles. The Morgan fingerprint density at radius 1 is 1.03 bits per heavy atom. The molecule has 1 atom stereocenters. The first-order valence-corrected chi connectivity index (χ1v) is 11.1. The highest BCUT2D eigenvalue weighted by Gasteiger charge is 2.37. The molecular formula is C25H30N2O4. The van der Waals surface area contributed by atoms with Gasteiger partial charge < -0.3 is 9.47 Å². The fourth-order valence-corrected chi connectivity index (χ4v) is 4.54. The molecule has 2 bridgehead atoms. The predicted molar refractivity (Wildman–Crippen MR) is 119 cm³/mol. The van der Waals surface area contributed by atoms with Crippen molar-refractivity contribution in [3.05, 3.63) is 65.7 Å². The third-order valence-electron chi connectivity index (χ3n) is 6.36. The average Bonchev–Trinajstić information content (AvgIpc) is 2.83. The van der Waals surface area contributed by atoms with Gasteiger partial charge in [0.2, 0.25) is 0 Å². The van der Waals surface area contributed by atoms with E-state index in [1.54, 1.807) is 17.0 Å². The fraction of sp³-hybridized carbons (Fsp3) is 0.440. The summed E-state index contributed by atoms with van der Waals surface area (Å²) in [7, 11) is 1.38. The van der Waals surface area contributed by atoms with Gasteiger partial charge in [0.25, 0.3) is 0 Å². The summed E-state index contributed by atoms with van der Waals surface area (Å²) in [6.45, 7) is 3.67. The first-order valence-electron chi connectivity index (χ1n) is 11.1. The summed E-state index contributed by atoms with van der Waals surface area (Å²) in [6.07, 6.45) is 3.56. The molecule has 2 aromatic carbocycles. The molecule has 0 unspecified atom stereocenters. The third-order valence-corrected chi connectivity index (χ3v) is 6.36. The largest absolute Gasteiger partial charge is 0.465 e. The molecule has 0 aromatic heterocycles. The quantitative estimate of drug-likeness (QED) is 0.628. The second kappa shape index (κ2) is 9.96. The van der Waals surface area contributed by atoms with Crippen LogP contribution in [0.4, 0.5) is 10.5 Å². The van der Waals surface area contributed by atoms with Crippen molar-refractivity contribution in [1.82, 2.24) is 4.90 Å². The number of hydrogen-bond donors (Lipinski definition) is 0. The van der Waals surface area contributed by atoms with Crippen molar-refractivity contribution in [3.8, 4) is 0 Å². The van der Waals surface area contributed by atoms with Crippen LogP contribution >= 0.6 is 0 Å². The molecule has 1 amide bonds. The van der Waals surface area contributed by atoms with Crippen LogP contribution in [0, 0.1) is 5.92 Å². The number of carbonyl (C=O) groups excluding carboxylic acids is 2. The monoisotopic (exact) mass is 422 g/mol. The molecule has 0 saturated carbocycles. The first-order chi connectivity index (χ1) is 15.1. The van der Waals surface area contributed by atoms with E-state index >= 15 is 0 Å². The van der Waals surface area contributed by atoms with Crippen molar-refractivity contribution < 1.29 is 19.1 Å². The van der Waals surface area contributed by atoms with Crippen LogP contribution in [0.15, 0.2) is 54.6 Å². The van der Waals surface area contributed by atoms with E-state index in [0.717, 1.165) is 56.6 Å². The number of esters is 1. The van der Waals surface area contributed by atoms with Gasteiger partial charge in [-0.05, 0) is 74.5 Å². The Morgan fingerprint density at radius 3 is 2.35 bits per heavy atom. The Hall–Kier alpha value is -2.86. The molecule has 3 saturated heterocycles. The number of fused-ring (bicyclic) bond motifs is 3. The molecule has 0 N–H and O–H groups in total. The predicted octanol–water partition coefficient (Wildman–Crippen LogP) is 4.14. The number of hydrogen-bond acceptors (Lipinski definition) is 5. The van der Waals surface area contributed by atoms with Gasteiger partial charge in [0.05, 0.1) is 12.7 Å². The Balaban J connectivity index is 1.37. The highest BCUT2D eigenvalue weighted by atomic mass is 16.6. The molecule has 6 nitrogen and oxygen atoms in total. The van der Waals surface area contributed by atoms with Crippen molar-refractivity contribution in [2.24, 2.45) is 5.92 Å². The molecule has 31 heavy (non-hydrogen) atoms. The van der Waals surface area contributed by atoms with Crippen molar-refractivity contribution in [2.75, 3.05) is 38.2 Å². The number of amides is 1. The first kappa shape index (κ1) is 21.4. The number of carbonyl (C=O) groups is 2. The second-order valence-electron chi connectivity index (χ2n) is 8.34. The normalized spacial score (nSPS) is 22.0. The number of ether oxygens (including phenoxy) is 2. The SMILES string of the molecule is COC(=O)c1ccc(CCCN(C(=O)O[C@H]2CN3CCC2CC3)c2ccccc2)cc1. The number of aryl methyl sites for hydroxylation is 1. The van der Waals surface area contributed by atoms with E-state index in [-0.39, 0.29) is 18.2 Å². The average molecular weight is 423 g/mol. The number of anilines is 1. The van der Waals surface area contributed by atoms with Gasteiger partial charge in [0.15, 0.2) is 0 Å². The zero-order chi connectivity index (χ0) is 21.6. The van der Waals surface area contributed by atoms with Crippen molar-refractivity contribution in [3.63, 3.8) is 0 Å². The highest BCUT2D eigenvalue weighted by Crippen LogP contribution is 2.30. The summed E-state index contributed by atoms with van der Waals surface area (Å²) in [5.41, 5.74) is 2.51. The number of benzene rings is 2. The lowest BCUT2D eigenvalue weighted by atomic mass is 9.86. The van der Waals surface area contributed by atoms with Gasteiger partial charge in [-0.15, -0.1) is 0 Å². The van der Waals surface area contributed by atoms with Gasteiger partial charge in [0, 0.05) is 18.8 Å². The smallest absolute Gasteiger partial charge is 0.414 e. The molecule has 0 spiro atoms. The lowest BCUT2D eigenvalue weighted by Crippen LogP contribution is -2.53. The summed E-state index contributed by atoms with van der Waals surface area (Å²) < 4.78 is 10.7. The Bertz CT molecular complexity index is 876. The van der Waals surface area contributed by atoms with E-state index in [0.29, 0.717) is 18.0 Å². The van der Waals surface area contributed by atoms with Crippen LogP contribution in [-0.2, 0) is 15.9 Å². The van der Waals surface area contributed by atoms with Crippen molar-refractivity contribution >= 4 is 17.7 Å². The van der Waals surface area contributed by atoms with E-state index in [1.165, 1.54) is 7.11 Å². The Morgan fingerprint density at radius 2 is 1.74 bits per heavy atom. The lowest BCUT2D eigenvalue weighted by molar-refractivity contribution is -0.0310. The van der Waals surface area contributed by atoms with E-state index in [4.69, 9.17) is 9.47 Å². The van der Waals surface area contributed by atoms with Crippen LogP contribution in [0.2, 0.25) is 0 Å². The second-order valence-corrected chi connectivity index (χ2v) is 8.34. The molecule has 0 radical (unpaired) electrons. The maximum absolute atomic E-state index is 13.1.